The van der Waals surface area contributed by atoms with E-state index >= 15 is 0 Å². The number of methoxy groups -OCH3 is 1. The van der Waals surface area contributed by atoms with E-state index in [1.807, 2.05) is 13.8 Å². The number of rotatable bonds is 3. The summed E-state index contributed by atoms with van der Waals surface area (Å²) in [6.07, 6.45) is 0. The highest BCUT2D eigenvalue weighted by molar-refractivity contribution is 5.95. The van der Waals surface area contributed by atoms with Crippen molar-refractivity contribution in [3.05, 3.63) is 23.8 Å². The van der Waals surface area contributed by atoms with Crippen molar-refractivity contribution in [2.45, 2.75) is 19.4 Å². The second-order valence-electron chi connectivity index (χ2n) is 5.31. The van der Waals surface area contributed by atoms with Crippen LogP contribution in [0.25, 0.3) is 0 Å². The topological polar surface area (TPSA) is 70.0 Å². The number of aliphatic hydroxyl groups is 1. The molecule has 1 aromatic carbocycles. The van der Waals surface area contributed by atoms with Crippen LogP contribution in [-0.4, -0.2) is 46.8 Å². The number of β-amino-alcohol motifs (C(OH)–C–C–N with tert-alkyl or cyclic N) is 1. The lowest BCUT2D eigenvalue weighted by atomic mass is 9.82. The van der Waals surface area contributed by atoms with E-state index in [1.165, 1.54) is 13.2 Å². The minimum absolute atomic E-state index is 0.0620. The van der Waals surface area contributed by atoms with Gasteiger partial charge in [-0.25, -0.2) is 0 Å². The number of benzene rings is 1. The molecule has 0 atom stereocenters. The van der Waals surface area contributed by atoms with Crippen molar-refractivity contribution in [1.82, 2.24) is 4.90 Å². The van der Waals surface area contributed by atoms with Crippen molar-refractivity contribution in [3.8, 4) is 11.5 Å². The van der Waals surface area contributed by atoms with Gasteiger partial charge in [0.1, 0.15) is 5.60 Å². The van der Waals surface area contributed by atoms with Gasteiger partial charge < -0.3 is 19.8 Å². The first-order valence-corrected chi connectivity index (χ1v) is 6.26. The van der Waals surface area contributed by atoms with Gasteiger partial charge >= 0.3 is 0 Å². The number of phenols is 1. The summed E-state index contributed by atoms with van der Waals surface area (Å²) in [5.74, 6) is 0.191. The number of phenolic OH excluding ortho intramolecular Hbond substituents is 1. The molecule has 0 bridgehead atoms. The minimum Gasteiger partial charge on any atom is -0.504 e. The predicted octanol–water partition coefficient (Wildman–Crippen LogP) is 1.24. The normalized spacial score (nSPS) is 17.2. The highest BCUT2D eigenvalue weighted by Gasteiger charge is 2.45. The van der Waals surface area contributed by atoms with Gasteiger partial charge in [-0.3, -0.25) is 4.79 Å². The van der Waals surface area contributed by atoms with Crippen LogP contribution < -0.4 is 4.74 Å². The van der Waals surface area contributed by atoms with Gasteiger partial charge in [0, 0.05) is 5.56 Å². The Morgan fingerprint density at radius 3 is 2.53 bits per heavy atom. The summed E-state index contributed by atoms with van der Waals surface area (Å²) in [5.41, 5.74) is -0.395. The molecule has 1 heterocycles. The second kappa shape index (κ2) is 4.74. The Labute approximate surface area is 112 Å². The van der Waals surface area contributed by atoms with Crippen molar-refractivity contribution in [2.24, 2.45) is 5.92 Å². The number of nitrogens with zero attached hydrogens (tertiary/aromatic N) is 1. The molecule has 0 saturated carbocycles. The van der Waals surface area contributed by atoms with E-state index in [0.29, 0.717) is 24.4 Å². The molecule has 1 aliphatic heterocycles. The molecular weight excluding hydrogens is 246 g/mol. The number of carbonyl (C=O) groups excluding carboxylic acids is 1. The maximum Gasteiger partial charge on any atom is 0.254 e. The zero-order chi connectivity index (χ0) is 14.2. The molecule has 0 unspecified atom stereocenters. The number of carbonyl (C=O) groups is 1. The highest BCUT2D eigenvalue weighted by atomic mass is 16.5. The number of likely N-dealkylation sites (tertiary alicyclic amines) is 1. The Bertz CT molecular complexity index is 492. The molecule has 2 rings (SSSR count). The van der Waals surface area contributed by atoms with Crippen LogP contribution in [0, 0.1) is 5.92 Å². The van der Waals surface area contributed by atoms with E-state index in [1.54, 1.807) is 17.0 Å². The second-order valence-corrected chi connectivity index (χ2v) is 5.31. The third kappa shape index (κ3) is 2.38. The van der Waals surface area contributed by atoms with Crippen molar-refractivity contribution >= 4 is 5.91 Å². The molecule has 2 N–H and O–H groups in total. The van der Waals surface area contributed by atoms with Gasteiger partial charge in [-0.2, -0.15) is 0 Å². The third-order valence-corrected chi connectivity index (χ3v) is 3.72. The number of aromatic hydroxyl groups is 1. The summed E-state index contributed by atoms with van der Waals surface area (Å²) in [5, 5.41) is 19.8. The van der Waals surface area contributed by atoms with Gasteiger partial charge in [-0.15, -0.1) is 0 Å². The number of amides is 1. The van der Waals surface area contributed by atoms with Crippen LogP contribution in [0.2, 0.25) is 0 Å². The average Bonchev–Trinajstić information content (AvgIpc) is 2.33. The number of hydrogen-bond acceptors (Lipinski definition) is 4. The fraction of sp³-hybridized carbons (Fsp3) is 0.500. The quantitative estimate of drug-likeness (QED) is 0.862. The molecule has 5 nitrogen and oxygen atoms in total. The van der Waals surface area contributed by atoms with Gasteiger partial charge in [-0.05, 0) is 24.1 Å². The molecule has 0 radical (unpaired) electrons. The number of ether oxygens (including phenoxy) is 1. The zero-order valence-electron chi connectivity index (χ0n) is 11.4. The van der Waals surface area contributed by atoms with E-state index in [9.17, 15) is 15.0 Å². The van der Waals surface area contributed by atoms with E-state index < -0.39 is 5.60 Å². The van der Waals surface area contributed by atoms with Gasteiger partial charge in [0.15, 0.2) is 11.5 Å². The Kier molecular flexibility index (Phi) is 3.41. The molecule has 1 saturated heterocycles. The van der Waals surface area contributed by atoms with Crippen molar-refractivity contribution in [3.63, 3.8) is 0 Å². The van der Waals surface area contributed by atoms with Crippen molar-refractivity contribution in [2.75, 3.05) is 20.2 Å². The third-order valence-electron chi connectivity index (χ3n) is 3.72. The summed E-state index contributed by atoms with van der Waals surface area (Å²) in [6.45, 7) is 4.52. The van der Waals surface area contributed by atoms with Gasteiger partial charge in [-0.1, -0.05) is 13.8 Å². The molecule has 1 aromatic rings. The summed E-state index contributed by atoms with van der Waals surface area (Å²) < 4.78 is 4.93. The SMILES string of the molecule is COc1ccc(C(=O)N2CC(O)(C(C)C)C2)cc1O. The Hall–Kier alpha value is -1.75. The first kappa shape index (κ1) is 13.7. The first-order valence-electron chi connectivity index (χ1n) is 6.26. The van der Waals surface area contributed by atoms with E-state index in [-0.39, 0.29) is 17.6 Å². The van der Waals surface area contributed by atoms with Gasteiger partial charge in [0.05, 0.1) is 20.2 Å². The highest BCUT2D eigenvalue weighted by Crippen LogP contribution is 2.31. The number of hydrogen-bond donors (Lipinski definition) is 2. The maximum atomic E-state index is 12.2. The van der Waals surface area contributed by atoms with Crippen LogP contribution in [0.5, 0.6) is 11.5 Å². The molecule has 5 heteroatoms. The van der Waals surface area contributed by atoms with Crippen LogP contribution in [0.1, 0.15) is 24.2 Å². The summed E-state index contributed by atoms with van der Waals surface area (Å²) >= 11 is 0. The fourth-order valence-electron chi connectivity index (χ4n) is 2.13. The lowest BCUT2D eigenvalue weighted by Crippen LogP contribution is -2.65. The standard InChI is InChI=1S/C14H19NO4/c1-9(2)14(18)7-15(8-14)13(17)10-4-5-12(19-3)11(16)6-10/h4-6,9,16,18H,7-8H2,1-3H3. The minimum atomic E-state index is -0.788. The summed E-state index contributed by atoms with van der Waals surface area (Å²) in [6, 6.07) is 4.54. The molecule has 104 valence electrons. The summed E-state index contributed by atoms with van der Waals surface area (Å²) in [4.78, 5) is 13.7. The van der Waals surface area contributed by atoms with Gasteiger partial charge in [0.2, 0.25) is 0 Å². The molecule has 19 heavy (non-hydrogen) atoms. The van der Waals surface area contributed by atoms with Crippen LogP contribution in [0.3, 0.4) is 0 Å². The van der Waals surface area contributed by atoms with Crippen LogP contribution >= 0.6 is 0 Å². The molecule has 0 spiro atoms. The van der Waals surface area contributed by atoms with E-state index in [4.69, 9.17) is 4.74 Å². The molecular formula is C14H19NO4. The Morgan fingerprint density at radius 1 is 1.42 bits per heavy atom. The Morgan fingerprint density at radius 2 is 2.05 bits per heavy atom. The van der Waals surface area contributed by atoms with Crippen LogP contribution in [0.15, 0.2) is 18.2 Å². The van der Waals surface area contributed by atoms with E-state index in [2.05, 4.69) is 0 Å². The molecule has 0 aromatic heterocycles. The van der Waals surface area contributed by atoms with Crippen molar-refractivity contribution < 1.29 is 19.7 Å². The monoisotopic (exact) mass is 265 g/mol. The van der Waals surface area contributed by atoms with Gasteiger partial charge in [0.25, 0.3) is 5.91 Å². The fourth-order valence-corrected chi connectivity index (χ4v) is 2.13. The van der Waals surface area contributed by atoms with E-state index in [0.717, 1.165) is 0 Å². The zero-order valence-corrected chi connectivity index (χ0v) is 11.4. The summed E-state index contributed by atoms with van der Waals surface area (Å²) in [7, 11) is 1.45. The Balaban J connectivity index is 2.08. The van der Waals surface area contributed by atoms with Crippen LogP contribution in [-0.2, 0) is 0 Å². The maximum absolute atomic E-state index is 12.2. The average molecular weight is 265 g/mol. The predicted molar refractivity (Wildman–Crippen MR) is 70.4 cm³/mol. The lowest BCUT2D eigenvalue weighted by molar-refractivity contribution is -0.110. The lowest BCUT2D eigenvalue weighted by Gasteiger charge is -2.49. The van der Waals surface area contributed by atoms with Crippen LogP contribution in [0.4, 0.5) is 0 Å². The molecule has 0 aliphatic carbocycles. The van der Waals surface area contributed by atoms with Crippen molar-refractivity contribution in [1.29, 1.82) is 0 Å². The first-order chi connectivity index (χ1) is 8.87. The molecule has 1 aliphatic rings. The smallest absolute Gasteiger partial charge is 0.254 e. The largest absolute Gasteiger partial charge is 0.504 e. The molecule has 1 fully saturated rings. The molecule has 1 amide bonds.